The van der Waals surface area contributed by atoms with Gasteiger partial charge in [-0.2, -0.15) is 0 Å². The van der Waals surface area contributed by atoms with Crippen molar-refractivity contribution in [3.63, 3.8) is 0 Å². The Balaban J connectivity index is 1.39. The zero-order valence-corrected chi connectivity index (χ0v) is 16.3. The molecule has 0 spiro atoms. The molecule has 0 unspecified atom stereocenters. The summed E-state index contributed by atoms with van der Waals surface area (Å²) in [7, 11) is 0. The van der Waals surface area contributed by atoms with E-state index in [2.05, 4.69) is 20.9 Å². The van der Waals surface area contributed by atoms with E-state index < -0.39 is 0 Å². The van der Waals surface area contributed by atoms with Gasteiger partial charge in [0.1, 0.15) is 12.1 Å². The molecule has 0 aliphatic rings. The largest absolute Gasteiger partial charge is 0.352 e. The SMILES string of the molecule is O=C(Cn1nnc2ccccc21)Nc1ccccc1C(=O)NCCc1ccccc1. The molecule has 30 heavy (non-hydrogen) atoms. The molecule has 7 heteroatoms. The molecule has 0 aliphatic heterocycles. The molecule has 3 aromatic carbocycles. The fraction of sp³-hybridized carbons (Fsp3) is 0.130. The van der Waals surface area contributed by atoms with Crippen molar-refractivity contribution in [3.8, 4) is 0 Å². The number of aromatic nitrogens is 3. The van der Waals surface area contributed by atoms with Gasteiger partial charge in [0.25, 0.3) is 5.91 Å². The van der Waals surface area contributed by atoms with E-state index in [-0.39, 0.29) is 18.4 Å². The maximum atomic E-state index is 12.6. The molecular formula is C23H21N5O2. The third kappa shape index (κ3) is 4.52. The van der Waals surface area contributed by atoms with E-state index in [1.54, 1.807) is 24.3 Å². The highest BCUT2D eigenvalue weighted by molar-refractivity contribution is 6.03. The highest BCUT2D eigenvalue weighted by Crippen LogP contribution is 2.16. The van der Waals surface area contributed by atoms with Gasteiger partial charge in [0.15, 0.2) is 0 Å². The summed E-state index contributed by atoms with van der Waals surface area (Å²) in [5.41, 5.74) is 3.54. The van der Waals surface area contributed by atoms with Crippen LogP contribution in [0, 0.1) is 0 Å². The minimum atomic E-state index is -0.282. The van der Waals surface area contributed by atoms with Gasteiger partial charge >= 0.3 is 0 Å². The van der Waals surface area contributed by atoms with Crippen molar-refractivity contribution >= 4 is 28.5 Å². The van der Waals surface area contributed by atoms with Gasteiger partial charge < -0.3 is 10.6 Å². The van der Waals surface area contributed by atoms with E-state index in [1.165, 1.54) is 4.68 Å². The zero-order chi connectivity index (χ0) is 20.8. The number of rotatable bonds is 7. The lowest BCUT2D eigenvalue weighted by atomic mass is 10.1. The molecule has 0 radical (unpaired) electrons. The lowest BCUT2D eigenvalue weighted by molar-refractivity contribution is -0.116. The van der Waals surface area contributed by atoms with Gasteiger partial charge in [-0.05, 0) is 36.2 Å². The van der Waals surface area contributed by atoms with Crippen LogP contribution in [-0.4, -0.2) is 33.4 Å². The maximum absolute atomic E-state index is 12.6. The smallest absolute Gasteiger partial charge is 0.253 e. The Labute approximate surface area is 173 Å². The van der Waals surface area contributed by atoms with Crippen LogP contribution in [0.25, 0.3) is 11.0 Å². The topological polar surface area (TPSA) is 88.9 Å². The van der Waals surface area contributed by atoms with Crippen LogP contribution in [0.15, 0.2) is 78.9 Å². The van der Waals surface area contributed by atoms with Gasteiger partial charge in [-0.1, -0.05) is 59.8 Å². The predicted molar refractivity (Wildman–Crippen MR) is 115 cm³/mol. The van der Waals surface area contributed by atoms with Crippen LogP contribution in [0.2, 0.25) is 0 Å². The van der Waals surface area contributed by atoms with Crippen LogP contribution in [0.1, 0.15) is 15.9 Å². The van der Waals surface area contributed by atoms with E-state index in [4.69, 9.17) is 0 Å². The first kappa shape index (κ1) is 19.3. The summed E-state index contributed by atoms with van der Waals surface area (Å²) in [4.78, 5) is 25.2. The van der Waals surface area contributed by atoms with Crippen LogP contribution in [0.5, 0.6) is 0 Å². The van der Waals surface area contributed by atoms with Crippen molar-refractivity contribution < 1.29 is 9.59 Å². The lowest BCUT2D eigenvalue weighted by Crippen LogP contribution is -2.27. The average Bonchev–Trinajstić information content (AvgIpc) is 3.17. The van der Waals surface area contributed by atoms with Crippen molar-refractivity contribution in [2.45, 2.75) is 13.0 Å². The molecule has 0 saturated heterocycles. The number of carbonyl (C=O) groups excluding carboxylic acids is 2. The highest BCUT2D eigenvalue weighted by atomic mass is 16.2. The number of amides is 2. The van der Waals surface area contributed by atoms with Crippen molar-refractivity contribution in [1.82, 2.24) is 20.3 Å². The van der Waals surface area contributed by atoms with Crippen LogP contribution in [0.4, 0.5) is 5.69 Å². The Morgan fingerprint density at radius 1 is 0.867 bits per heavy atom. The Kier molecular flexibility index (Phi) is 5.80. The van der Waals surface area contributed by atoms with E-state index >= 15 is 0 Å². The molecule has 7 nitrogen and oxygen atoms in total. The van der Waals surface area contributed by atoms with Gasteiger partial charge in [0.05, 0.1) is 16.8 Å². The molecule has 2 amide bonds. The number of carbonyl (C=O) groups is 2. The number of anilines is 1. The maximum Gasteiger partial charge on any atom is 0.253 e. The lowest BCUT2D eigenvalue weighted by Gasteiger charge is -2.12. The van der Waals surface area contributed by atoms with E-state index in [0.717, 1.165) is 23.0 Å². The Hall–Kier alpha value is -4.00. The van der Waals surface area contributed by atoms with Crippen LogP contribution < -0.4 is 10.6 Å². The third-order valence-electron chi connectivity index (χ3n) is 4.70. The molecule has 2 N–H and O–H groups in total. The number of hydrogen-bond acceptors (Lipinski definition) is 4. The molecule has 150 valence electrons. The number of nitrogens with one attached hydrogen (secondary N) is 2. The predicted octanol–water partition coefficient (Wildman–Crippen LogP) is 3.04. The number of benzene rings is 3. The minimum Gasteiger partial charge on any atom is -0.352 e. The van der Waals surface area contributed by atoms with E-state index in [0.29, 0.717) is 17.8 Å². The fourth-order valence-electron chi connectivity index (χ4n) is 3.21. The molecule has 0 atom stereocenters. The van der Waals surface area contributed by atoms with Crippen molar-refractivity contribution in [3.05, 3.63) is 90.0 Å². The quantitative estimate of drug-likeness (QED) is 0.500. The fourth-order valence-corrected chi connectivity index (χ4v) is 3.21. The Bertz CT molecular complexity index is 1170. The molecule has 0 bridgehead atoms. The number of para-hydroxylation sites is 2. The summed E-state index contributed by atoms with van der Waals surface area (Å²) >= 11 is 0. The summed E-state index contributed by atoms with van der Waals surface area (Å²) in [5, 5.41) is 13.8. The summed E-state index contributed by atoms with van der Waals surface area (Å²) in [6, 6.07) is 24.3. The average molecular weight is 399 g/mol. The van der Waals surface area contributed by atoms with E-state index in [1.807, 2.05) is 54.6 Å². The van der Waals surface area contributed by atoms with Crippen LogP contribution >= 0.6 is 0 Å². The summed E-state index contributed by atoms with van der Waals surface area (Å²) < 4.78 is 1.53. The molecule has 1 aromatic heterocycles. The molecular weight excluding hydrogens is 378 g/mol. The first-order valence-electron chi connectivity index (χ1n) is 9.70. The number of nitrogens with zero attached hydrogens (tertiary/aromatic N) is 3. The molecule has 1 heterocycles. The summed E-state index contributed by atoms with van der Waals surface area (Å²) in [6.45, 7) is 0.514. The van der Waals surface area contributed by atoms with Crippen molar-refractivity contribution in [2.24, 2.45) is 0 Å². The van der Waals surface area contributed by atoms with Crippen LogP contribution in [0.3, 0.4) is 0 Å². The number of fused-ring (bicyclic) bond motifs is 1. The van der Waals surface area contributed by atoms with Gasteiger partial charge in [-0.3, -0.25) is 9.59 Å². The molecule has 0 aliphatic carbocycles. The normalized spacial score (nSPS) is 10.7. The minimum absolute atomic E-state index is 0.00444. The second kappa shape index (κ2) is 9.00. The second-order valence-electron chi connectivity index (χ2n) is 6.82. The van der Waals surface area contributed by atoms with Crippen LogP contribution in [-0.2, 0) is 17.8 Å². The number of hydrogen-bond donors (Lipinski definition) is 2. The summed E-state index contributed by atoms with van der Waals surface area (Å²) in [5.74, 6) is -0.511. The van der Waals surface area contributed by atoms with Gasteiger partial charge in [-0.15, -0.1) is 5.10 Å². The first-order chi connectivity index (χ1) is 14.7. The molecule has 0 fully saturated rings. The van der Waals surface area contributed by atoms with Crippen molar-refractivity contribution in [1.29, 1.82) is 0 Å². The monoisotopic (exact) mass is 399 g/mol. The third-order valence-corrected chi connectivity index (χ3v) is 4.70. The molecule has 4 rings (SSSR count). The van der Waals surface area contributed by atoms with Crippen molar-refractivity contribution in [2.75, 3.05) is 11.9 Å². The van der Waals surface area contributed by atoms with Gasteiger partial charge in [0.2, 0.25) is 5.91 Å². The van der Waals surface area contributed by atoms with Gasteiger partial charge in [0, 0.05) is 6.54 Å². The summed E-state index contributed by atoms with van der Waals surface area (Å²) in [6.07, 6.45) is 0.737. The first-order valence-corrected chi connectivity index (χ1v) is 9.70. The highest BCUT2D eigenvalue weighted by Gasteiger charge is 2.14. The Morgan fingerprint density at radius 3 is 2.47 bits per heavy atom. The molecule has 0 saturated carbocycles. The second-order valence-corrected chi connectivity index (χ2v) is 6.82. The Morgan fingerprint density at radius 2 is 1.60 bits per heavy atom. The zero-order valence-electron chi connectivity index (χ0n) is 16.3. The van der Waals surface area contributed by atoms with E-state index in [9.17, 15) is 9.59 Å². The van der Waals surface area contributed by atoms with Gasteiger partial charge in [-0.25, -0.2) is 4.68 Å². The standard InChI is InChI=1S/C23H21N5O2/c29-22(16-28-21-13-7-6-12-20(21)26-27-28)25-19-11-5-4-10-18(19)23(30)24-15-14-17-8-2-1-3-9-17/h1-13H,14-16H2,(H,24,30)(H,25,29). The molecule has 4 aromatic rings.